The molecule has 0 bridgehead atoms. The Kier molecular flexibility index (Phi) is 13.1. The Morgan fingerprint density at radius 3 is 2.48 bits per heavy atom. The molecule has 5 aromatic rings. The van der Waals surface area contributed by atoms with E-state index in [0.29, 0.717) is 50.4 Å². The molecule has 2 aliphatic heterocycles. The molecule has 18 heteroatoms. The predicted molar refractivity (Wildman–Crippen MR) is 247 cm³/mol. The number of allylic oxidation sites excluding steroid dienone is 1. The highest BCUT2D eigenvalue weighted by molar-refractivity contribution is 7.90. The van der Waals surface area contributed by atoms with E-state index in [0.717, 1.165) is 61.1 Å². The normalized spacial score (nSPS) is 18.3. The van der Waals surface area contributed by atoms with Crippen LogP contribution in [0.4, 0.5) is 17.1 Å². The van der Waals surface area contributed by atoms with Gasteiger partial charge < -0.3 is 24.5 Å². The zero-order valence-corrected chi connectivity index (χ0v) is 37.8. The molecule has 2 saturated heterocycles. The van der Waals surface area contributed by atoms with Crippen molar-refractivity contribution in [2.24, 2.45) is 5.41 Å². The van der Waals surface area contributed by atoms with E-state index in [-0.39, 0.29) is 28.5 Å². The van der Waals surface area contributed by atoms with Crippen molar-refractivity contribution in [1.82, 2.24) is 23.9 Å². The summed E-state index contributed by atoms with van der Waals surface area (Å²) in [5.41, 5.74) is 5.41. The number of H-pyrrole nitrogens is 1. The minimum Gasteiger partial charge on any atom is -0.598 e. The van der Waals surface area contributed by atoms with Crippen LogP contribution in [0.1, 0.15) is 61.9 Å². The number of aromatic nitrogens is 2. The lowest BCUT2D eigenvalue weighted by Gasteiger charge is -2.39. The van der Waals surface area contributed by atoms with Gasteiger partial charge in [-0.15, -0.1) is 4.31 Å². The SMILES string of the molecule is C[S+]([O-])N1CCC(Nc2ccc(S(=O)(=O)NC(=O)c3ccc(N4CCN(CC5=C(c6ccc(Cl)cc6)CC(C)(C)CC5)CC4)cc3Oc3cnc4[nH]ccc4c3)cc2[N+](=O)[O-])CC1. The van der Waals surface area contributed by atoms with Gasteiger partial charge in [0.2, 0.25) is 0 Å². The van der Waals surface area contributed by atoms with Crippen LogP contribution in [0.25, 0.3) is 16.6 Å². The first-order valence-electron chi connectivity index (χ1n) is 21.0. The van der Waals surface area contributed by atoms with Gasteiger partial charge in [-0.05, 0) is 97.2 Å². The lowest BCUT2D eigenvalue weighted by molar-refractivity contribution is -0.384. The molecule has 332 valence electrons. The van der Waals surface area contributed by atoms with Crippen molar-refractivity contribution >= 4 is 72.6 Å². The fraction of sp³-hybridized carbons (Fsp3) is 0.378. The predicted octanol–water partition coefficient (Wildman–Crippen LogP) is 7.99. The van der Waals surface area contributed by atoms with Crippen LogP contribution in [0.2, 0.25) is 5.02 Å². The van der Waals surface area contributed by atoms with E-state index in [1.807, 2.05) is 22.5 Å². The number of benzene rings is 3. The first-order valence-corrected chi connectivity index (χ1v) is 24.4. The molecule has 1 amide bonds. The molecule has 1 atom stereocenters. The molecule has 2 fully saturated rings. The highest BCUT2D eigenvalue weighted by Gasteiger charge is 2.31. The number of carbonyl (C=O) groups excluding carboxylic acids is 1. The smallest absolute Gasteiger partial charge is 0.293 e. The number of ether oxygens (including phenoxy) is 1. The fourth-order valence-corrected chi connectivity index (χ4v) is 10.5. The molecule has 8 rings (SSSR count). The number of piperidine rings is 1. The van der Waals surface area contributed by atoms with Crippen molar-refractivity contribution in [3.05, 3.63) is 117 Å². The molecule has 1 aliphatic carbocycles. The number of fused-ring (bicyclic) bond motifs is 1. The first-order chi connectivity index (χ1) is 30.1. The summed E-state index contributed by atoms with van der Waals surface area (Å²) in [6, 6.07) is 20.2. The van der Waals surface area contributed by atoms with Crippen molar-refractivity contribution in [3.63, 3.8) is 0 Å². The Morgan fingerprint density at radius 2 is 1.76 bits per heavy atom. The van der Waals surface area contributed by atoms with E-state index in [9.17, 15) is 27.9 Å². The fourth-order valence-electron chi connectivity index (χ4n) is 8.64. The lowest BCUT2D eigenvalue weighted by Crippen LogP contribution is -2.47. The molecule has 2 aromatic heterocycles. The number of piperazine rings is 1. The number of nitrogens with one attached hydrogen (secondary N) is 3. The number of nitro groups is 1. The number of halogens is 1. The monoisotopic (exact) mass is 914 g/mol. The van der Waals surface area contributed by atoms with Gasteiger partial charge in [-0.3, -0.25) is 19.8 Å². The molecular formula is C45H51ClN8O7S2. The van der Waals surface area contributed by atoms with Gasteiger partial charge in [0.1, 0.15) is 29.1 Å². The van der Waals surface area contributed by atoms with Crippen molar-refractivity contribution in [2.45, 2.75) is 56.9 Å². The molecule has 0 spiro atoms. The molecule has 63 heavy (non-hydrogen) atoms. The van der Waals surface area contributed by atoms with Crippen molar-refractivity contribution < 1.29 is 27.4 Å². The third-order valence-corrected chi connectivity index (χ3v) is 14.9. The summed E-state index contributed by atoms with van der Waals surface area (Å²) in [5.74, 6) is -0.512. The van der Waals surface area contributed by atoms with E-state index < -0.39 is 42.8 Å². The molecule has 3 N–H and O–H groups in total. The number of amides is 1. The average Bonchev–Trinajstić information content (AvgIpc) is 3.73. The van der Waals surface area contributed by atoms with Gasteiger partial charge in [0.25, 0.3) is 21.6 Å². The van der Waals surface area contributed by atoms with Gasteiger partial charge in [0.05, 0.1) is 21.6 Å². The van der Waals surface area contributed by atoms with Gasteiger partial charge in [-0.1, -0.05) is 43.2 Å². The van der Waals surface area contributed by atoms with Crippen LogP contribution in [-0.4, -0.2) is 101 Å². The van der Waals surface area contributed by atoms with E-state index in [4.69, 9.17) is 16.3 Å². The molecule has 4 heterocycles. The molecule has 15 nitrogen and oxygen atoms in total. The van der Waals surface area contributed by atoms with Crippen LogP contribution < -0.4 is 19.7 Å². The number of anilines is 2. The first kappa shape index (κ1) is 44.4. The number of hydrogen-bond donors (Lipinski definition) is 3. The largest absolute Gasteiger partial charge is 0.598 e. The third kappa shape index (κ3) is 10.5. The summed E-state index contributed by atoms with van der Waals surface area (Å²) >= 11 is 5.13. The summed E-state index contributed by atoms with van der Waals surface area (Å²) in [6.45, 7) is 9.70. The minimum absolute atomic E-state index is 0.0517. The summed E-state index contributed by atoms with van der Waals surface area (Å²) in [6.07, 6.45) is 9.26. The van der Waals surface area contributed by atoms with Crippen molar-refractivity contribution in [1.29, 1.82) is 0 Å². The minimum atomic E-state index is -4.59. The average molecular weight is 916 g/mol. The maximum absolute atomic E-state index is 14.0. The number of hydrogen-bond acceptors (Lipinski definition) is 12. The molecule has 1 unspecified atom stereocenters. The van der Waals surface area contributed by atoms with Crippen molar-refractivity contribution in [3.8, 4) is 11.5 Å². The van der Waals surface area contributed by atoms with E-state index in [1.54, 1.807) is 30.7 Å². The van der Waals surface area contributed by atoms with Crippen LogP contribution in [-0.2, 0) is 21.4 Å². The summed E-state index contributed by atoms with van der Waals surface area (Å²) in [5, 5.41) is 16.8. The van der Waals surface area contributed by atoms with Gasteiger partial charge in [0, 0.05) is 97.6 Å². The van der Waals surface area contributed by atoms with Crippen LogP contribution in [0.3, 0.4) is 0 Å². The maximum Gasteiger partial charge on any atom is 0.293 e. The van der Waals surface area contributed by atoms with E-state index in [1.165, 1.54) is 41.1 Å². The molecule has 0 radical (unpaired) electrons. The Morgan fingerprint density at radius 1 is 1.02 bits per heavy atom. The zero-order chi connectivity index (χ0) is 44.5. The molecule has 3 aromatic carbocycles. The van der Waals surface area contributed by atoms with Gasteiger partial charge in [-0.2, -0.15) is 0 Å². The Labute approximate surface area is 375 Å². The van der Waals surface area contributed by atoms with E-state index >= 15 is 0 Å². The third-order valence-electron chi connectivity index (χ3n) is 12.2. The van der Waals surface area contributed by atoms with Gasteiger partial charge in [0.15, 0.2) is 0 Å². The van der Waals surface area contributed by atoms with E-state index in [2.05, 4.69) is 55.8 Å². The van der Waals surface area contributed by atoms with Crippen molar-refractivity contribution in [2.75, 3.05) is 62.3 Å². The Hall–Kier alpha value is -5.17. The number of nitro benzene ring substituents is 1. The second-order valence-corrected chi connectivity index (χ2v) is 20.7. The van der Waals surface area contributed by atoms with Crippen LogP contribution >= 0.6 is 11.6 Å². The topological polar surface area (TPSA) is 189 Å². The van der Waals surface area contributed by atoms with Gasteiger partial charge in [-0.25, -0.2) is 18.1 Å². The van der Waals surface area contributed by atoms with Crippen LogP contribution in [0.15, 0.2) is 95.7 Å². The lowest BCUT2D eigenvalue weighted by atomic mass is 9.72. The summed E-state index contributed by atoms with van der Waals surface area (Å²) < 4.78 is 49.6. The quantitative estimate of drug-likeness (QED) is 0.0588. The Bertz CT molecular complexity index is 2640. The van der Waals surface area contributed by atoms with Crippen LogP contribution in [0, 0.1) is 15.5 Å². The molecule has 3 aliphatic rings. The number of rotatable bonds is 13. The van der Waals surface area contributed by atoms with Crippen LogP contribution in [0.5, 0.6) is 11.5 Å². The standard InChI is InChI=1S/C45H51ClN8O7S2/c1-45(2)16-12-32(39(27-45)30-4-6-33(46)7-5-30)29-51-20-22-52(23-21-51)35-8-10-38(42(25-35)61-36-24-31-13-17-47-43(31)48-28-36)44(55)50-63(59,60)37-9-11-40(41(26-37)54(56)57)49-34-14-18-53(19-15-34)62(3)58/h4-11,13,17,24-26,28,34,49H,12,14-16,18-23,27,29H2,1-3H3,(H,47,48)(H,50,55). The molecular weight excluding hydrogens is 864 g/mol. The number of nitrogens with zero attached hydrogens (tertiary/aromatic N) is 5. The van der Waals surface area contributed by atoms with Gasteiger partial charge >= 0.3 is 0 Å². The number of sulfonamides is 1. The Balaban J connectivity index is 0.999. The highest BCUT2D eigenvalue weighted by Crippen LogP contribution is 2.43. The molecule has 0 saturated carbocycles. The second-order valence-electron chi connectivity index (χ2n) is 17.2. The second kappa shape index (κ2) is 18.5. The number of carbonyl (C=O) groups is 1. The summed E-state index contributed by atoms with van der Waals surface area (Å²) in [7, 11) is -4.59. The highest BCUT2D eigenvalue weighted by atomic mass is 35.5. The maximum atomic E-state index is 14.0. The zero-order valence-electron chi connectivity index (χ0n) is 35.4. The summed E-state index contributed by atoms with van der Waals surface area (Å²) in [4.78, 5) is 37.2. The number of pyridine rings is 1. The number of aromatic amines is 1.